The number of Topliss-reactive ketones (excluding diaryl/α,β-unsaturated/α-hetero) is 1. The highest BCUT2D eigenvalue weighted by atomic mass is 16.1. The fourth-order valence-corrected chi connectivity index (χ4v) is 2.34. The molecule has 0 unspecified atom stereocenters. The third-order valence-corrected chi connectivity index (χ3v) is 3.53. The van der Waals surface area contributed by atoms with E-state index in [1.165, 1.54) is 12.8 Å². The molecule has 0 saturated carbocycles. The number of carbonyl (C=O) groups excluding carboxylic acids is 1. The lowest BCUT2D eigenvalue weighted by molar-refractivity contribution is -0.118. The van der Waals surface area contributed by atoms with Gasteiger partial charge in [0, 0.05) is 25.1 Å². The zero-order valence-corrected chi connectivity index (χ0v) is 10.0. The molecule has 0 aromatic carbocycles. The molecule has 0 aromatic rings. The highest BCUT2D eigenvalue weighted by Gasteiger charge is 2.22. The second-order valence-corrected chi connectivity index (χ2v) is 4.87. The standard InChI is InChI=1S/C13H20N2O/c1-14-9-4-12(5-10-14)13(16)6-11-15-7-2-3-8-15/h12H,2-5,7-10H2,1H3. The van der Waals surface area contributed by atoms with Gasteiger partial charge < -0.3 is 9.80 Å². The molecule has 2 saturated heterocycles. The molecule has 88 valence electrons. The topological polar surface area (TPSA) is 23.6 Å². The second-order valence-electron chi connectivity index (χ2n) is 4.87. The largest absolute Gasteiger partial charge is 0.332 e. The Morgan fingerprint density at radius 3 is 2.38 bits per heavy atom. The number of rotatable bonds is 1. The molecular formula is C13H20N2O. The summed E-state index contributed by atoms with van der Waals surface area (Å²) in [7, 11) is 2.11. The van der Waals surface area contributed by atoms with Gasteiger partial charge in [-0.15, -0.1) is 0 Å². The van der Waals surface area contributed by atoms with Gasteiger partial charge >= 0.3 is 0 Å². The fraction of sp³-hybridized carbons (Fsp3) is 0.769. The first-order valence-corrected chi connectivity index (χ1v) is 6.25. The smallest absolute Gasteiger partial charge is 0.210 e. The van der Waals surface area contributed by atoms with Crippen LogP contribution in [0.15, 0.2) is 0 Å². The van der Waals surface area contributed by atoms with Crippen LogP contribution in [0.2, 0.25) is 0 Å². The van der Waals surface area contributed by atoms with Gasteiger partial charge in [-0.25, -0.2) is 0 Å². The van der Waals surface area contributed by atoms with E-state index >= 15 is 0 Å². The number of piperidine rings is 1. The first kappa shape index (κ1) is 11.5. The molecule has 2 fully saturated rings. The van der Waals surface area contributed by atoms with Crippen LogP contribution in [0, 0.1) is 17.9 Å². The van der Waals surface area contributed by atoms with Gasteiger partial charge in [0.2, 0.25) is 5.78 Å². The van der Waals surface area contributed by atoms with Crippen molar-refractivity contribution in [1.29, 1.82) is 0 Å². The van der Waals surface area contributed by atoms with E-state index in [1.807, 2.05) is 0 Å². The SMILES string of the molecule is CN1CCC(C(=O)C#CN2CCCC2)CC1. The van der Waals surface area contributed by atoms with Crippen LogP contribution in [-0.4, -0.2) is 48.8 Å². The van der Waals surface area contributed by atoms with Gasteiger partial charge in [0.05, 0.1) is 0 Å². The summed E-state index contributed by atoms with van der Waals surface area (Å²) in [6, 6.07) is 3.01. The lowest BCUT2D eigenvalue weighted by Crippen LogP contribution is -2.33. The molecule has 0 bridgehead atoms. The summed E-state index contributed by atoms with van der Waals surface area (Å²) < 4.78 is 0. The summed E-state index contributed by atoms with van der Waals surface area (Å²) in [6.45, 7) is 4.13. The van der Waals surface area contributed by atoms with E-state index in [2.05, 4.69) is 28.8 Å². The molecule has 2 aliphatic heterocycles. The molecule has 0 N–H and O–H groups in total. The molecule has 0 spiro atoms. The van der Waals surface area contributed by atoms with Gasteiger partial charge in [0.25, 0.3) is 0 Å². The molecule has 2 aliphatic rings. The summed E-state index contributed by atoms with van der Waals surface area (Å²) in [6.07, 6.45) is 4.39. The van der Waals surface area contributed by atoms with Crippen molar-refractivity contribution < 1.29 is 4.79 Å². The number of likely N-dealkylation sites (tertiary alicyclic amines) is 2. The van der Waals surface area contributed by atoms with Crippen molar-refractivity contribution in [2.45, 2.75) is 25.7 Å². The van der Waals surface area contributed by atoms with E-state index in [4.69, 9.17) is 0 Å². The molecule has 0 aliphatic carbocycles. The minimum Gasteiger partial charge on any atom is -0.332 e. The van der Waals surface area contributed by atoms with Crippen LogP contribution in [0.1, 0.15) is 25.7 Å². The van der Waals surface area contributed by atoms with Crippen molar-refractivity contribution in [2.75, 3.05) is 33.2 Å². The normalized spacial score (nSPS) is 22.9. The lowest BCUT2D eigenvalue weighted by atomic mass is 9.93. The van der Waals surface area contributed by atoms with E-state index in [0.717, 1.165) is 39.0 Å². The molecule has 0 radical (unpaired) electrons. The molecule has 3 heteroatoms. The predicted octanol–water partition coefficient (Wildman–Crippen LogP) is 0.954. The number of ketones is 1. The fourth-order valence-electron chi connectivity index (χ4n) is 2.34. The van der Waals surface area contributed by atoms with Gasteiger partial charge in [-0.2, -0.15) is 0 Å². The van der Waals surface area contributed by atoms with Crippen molar-refractivity contribution in [2.24, 2.45) is 5.92 Å². The zero-order valence-electron chi connectivity index (χ0n) is 10.0. The predicted molar refractivity (Wildman–Crippen MR) is 63.8 cm³/mol. The maximum Gasteiger partial charge on any atom is 0.210 e. The monoisotopic (exact) mass is 220 g/mol. The molecule has 3 nitrogen and oxygen atoms in total. The number of hydrogen-bond donors (Lipinski definition) is 0. The van der Waals surface area contributed by atoms with Crippen molar-refractivity contribution in [3.8, 4) is 12.0 Å². The van der Waals surface area contributed by atoms with Crippen LogP contribution in [0.3, 0.4) is 0 Å². The number of carbonyl (C=O) groups is 1. The summed E-state index contributed by atoms with van der Waals surface area (Å²) in [5, 5.41) is 0. The Balaban J connectivity index is 1.82. The Morgan fingerprint density at radius 2 is 1.75 bits per heavy atom. The highest BCUT2D eigenvalue weighted by molar-refractivity contribution is 5.97. The van der Waals surface area contributed by atoms with E-state index < -0.39 is 0 Å². The average Bonchev–Trinajstić information content (AvgIpc) is 2.80. The van der Waals surface area contributed by atoms with Crippen LogP contribution >= 0.6 is 0 Å². The van der Waals surface area contributed by atoms with E-state index in [0.29, 0.717) is 0 Å². The van der Waals surface area contributed by atoms with E-state index in [-0.39, 0.29) is 11.7 Å². The molecule has 2 rings (SSSR count). The molecular weight excluding hydrogens is 200 g/mol. The van der Waals surface area contributed by atoms with Crippen LogP contribution in [0.25, 0.3) is 0 Å². The van der Waals surface area contributed by atoms with Crippen LogP contribution in [0.5, 0.6) is 0 Å². The molecule has 0 atom stereocenters. The van der Waals surface area contributed by atoms with E-state index in [9.17, 15) is 4.79 Å². The van der Waals surface area contributed by atoms with Gasteiger partial charge in [-0.05, 0) is 51.7 Å². The minimum absolute atomic E-state index is 0.153. The van der Waals surface area contributed by atoms with Gasteiger partial charge in [-0.3, -0.25) is 4.79 Å². The summed E-state index contributed by atoms with van der Waals surface area (Å²) in [4.78, 5) is 16.2. The van der Waals surface area contributed by atoms with Gasteiger partial charge in [0.15, 0.2) is 0 Å². The zero-order chi connectivity index (χ0) is 11.4. The highest BCUT2D eigenvalue weighted by Crippen LogP contribution is 2.16. The van der Waals surface area contributed by atoms with Crippen molar-refractivity contribution in [3.05, 3.63) is 0 Å². The number of hydrogen-bond acceptors (Lipinski definition) is 3. The number of nitrogens with zero attached hydrogens (tertiary/aromatic N) is 2. The molecule has 2 heterocycles. The van der Waals surface area contributed by atoms with Crippen molar-refractivity contribution in [1.82, 2.24) is 9.80 Å². The second kappa shape index (κ2) is 5.36. The van der Waals surface area contributed by atoms with Crippen LogP contribution < -0.4 is 0 Å². The Bertz CT molecular complexity index is 302. The van der Waals surface area contributed by atoms with Crippen LogP contribution in [-0.2, 0) is 4.79 Å². The van der Waals surface area contributed by atoms with Crippen molar-refractivity contribution in [3.63, 3.8) is 0 Å². The van der Waals surface area contributed by atoms with E-state index in [1.54, 1.807) is 0 Å². The van der Waals surface area contributed by atoms with Gasteiger partial charge in [0.1, 0.15) is 0 Å². The third-order valence-electron chi connectivity index (χ3n) is 3.53. The minimum atomic E-state index is 0.153. The Hall–Kier alpha value is -1.01. The molecule has 0 aromatic heterocycles. The Labute approximate surface area is 97.8 Å². The Morgan fingerprint density at radius 1 is 1.12 bits per heavy atom. The summed E-state index contributed by atoms with van der Waals surface area (Å²) in [5.74, 6) is 3.17. The maximum atomic E-state index is 11.8. The molecule has 16 heavy (non-hydrogen) atoms. The lowest BCUT2D eigenvalue weighted by Gasteiger charge is -2.26. The first-order chi connectivity index (χ1) is 7.75. The first-order valence-electron chi connectivity index (χ1n) is 6.25. The Kier molecular flexibility index (Phi) is 3.84. The molecule has 0 amide bonds. The summed E-state index contributed by atoms with van der Waals surface area (Å²) >= 11 is 0. The third kappa shape index (κ3) is 2.99. The van der Waals surface area contributed by atoms with Crippen LogP contribution in [0.4, 0.5) is 0 Å². The van der Waals surface area contributed by atoms with Gasteiger partial charge in [-0.1, -0.05) is 0 Å². The average molecular weight is 220 g/mol. The summed E-state index contributed by atoms with van der Waals surface area (Å²) in [5.41, 5.74) is 0. The quantitative estimate of drug-likeness (QED) is 0.615. The maximum absolute atomic E-state index is 11.8. The van der Waals surface area contributed by atoms with Crippen molar-refractivity contribution >= 4 is 5.78 Å².